The first-order valence-electron chi connectivity index (χ1n) is 6.19. The van der Waals surface area contributed by atoms with Gasteiger partial charge in [0.2, 0.25) is 5.91 Å². The summed E-state index contributed by atoms with van der Waals surface area (Å²) in [5.74, 6) is -1.86. The van der Waals surface area contributed by atoms with Crippen molar-refractivity contribution < 1.29 is 13.6 Å². The fourth-order valence-electron chi connectivity index (χ4n) is 1.86. The second-order valence-corrected chi connectivity index (χ2v) is 5.44. The first kappa shape index (κ1) is 15.4. The zero-order valence-electron chi connectivity index (χ0n) is 11.5. The molecule has 2 aromatic rings. The Labute approximate surface area is 126 Å². The molecule has 0 radical (unpaired) electrons. The molecule has 0 saturated carbocycles. The summed E-state index contributed by atoms with van der Waals surface area (Å²) in [7, 11) is 0. The van der Waals surface area contributed by atoms with Gasteiger partial charge < -0.3 is 5.32 Å². The Bertz CT molecular complexity index is 689. The standard InChI is InChI=1S/C15H13ClF2N2O/c1-15(2,9-4-3-5-10(16)13(9)18)14(21)20-12-6-7-19-8-11(12)17/h3-8H,1-2H3,(H,19,20,21). The number of benzene rings is 1. The van der Waals surface area contributed by atoms with E-state index in [-0.39, 0.29) is 16.3 Å². The van der Waals surface area contributed by atoms with Crippen LogP contribution in [0.5, 0.6) is 0 Å². The second kappa shape index (κ2) is 5.77. The van der Waals surface area contributed by atoms with Crippen molar-refractivity contribution in [1.29, 1.82) is 0 Å². The van der Waals surface area contributed by atoms with E-state index in [9.17, 15) is 13.6 Å². The zero-order chi connectivity index (χ0) is 15.6. The molecule has 0 bridgehead atoms. The molecule has 0 aliphatic carbocycles. The predicted octanol–water partition coefficient (Wildman–Crippen LogP) is 3.93. The predicted molar refractivity (Wildman–Crippen MR) is 77.3 cm³/mol. The average Bonchev–Trinajstić information content (AvgIpc) is 2.44. The molecule has 3 nitrogen and oxygen atoms in total. The number of anilines is 1. The number of nitrogens with one attached hydrogen (secondary N) is 1. The number of aromatic nitrogens is 1. The van der Waals surface area contributed by atoms with E-state index in [4.69, 9.17) is 11.6 Å². The van der Waals surface area contributed by atoms with Gasteiger partial charge in [0.25, 0.3) is 0 Å². The van der Waals surface area contributed by atoms with Crippen molar-refractivity contribution in [2.24, 2.45) is 0 Å². The van der Waals surface area contributed by atoms with Crippen LogP contribution in [0.2, 0.25) is 5.02 Å². The Balaban J connectivity index is 2.33. The smallest absolute Gasteiger partial charge is 0.234 e. The molecule has 0 aliphatic rings. The van der Waals surface area contributed by atoms with Crippen LogP contribution in [0.3, 0.4) is 0 Å². The third-order valence-corrected chi connectivity index (χ3v) is 3.51. The van der Waals surface area contributed by atoms with E-state index in [0.29, 0.717) is 0 Å². The Kier molecular flexibility index (Phi) is 4.23. The molecule has 1 heterocycles. The normalized spacial score (nSPS) is 11.3. The van der Waals surface area contributed by atoms with Gasteiger partial charge in [0.1, 0.15) is 5.82 Å². The lowest BCUT2D eigenvalue weighted by molar-refractivity contribution is -0.120. The molecule has 0 saturated heterocycles. The number of carbonyl (C=O) groups excluding carboxylic acids is 1. The van der Waals surface area contributed by atoms with Crippen molar-refractivity contribution >= 4 is 23.2 Å². The molecule has 1 aromatic carbocycles. The Morgan fingerprint density at radius 3 is 2.67 bits per heavy atom. The van der Waals surface area contributed by atoms with Gasteiger partial charge in [-0.05, 0) is 26.0 Å². The van der Waals surface area contributed by atoms with Crippen molar-refractivity contribution in [3.8, 4) is 0 Å². The molecule has 0 aliphatic heterocycles. The summed E-state index contributed by atoms with van der Waals surface area (Å²) in [6, 6.07) is 5.76. The van der Waals surface area contributed by atoms with E-state index >= 15 is 0 Å². The number of rotatable bonds is 3. The van der Waals surface area contributed by atoms with Crippen molar-refractivity contribution in [3.05, 3.63) is 58.9 Å². The summed E-state index contributed by atoms with van der Waals surface area (Å²) in [6.45, 7) is 3.08. The highest BCUT2D eigenvalue weighted by Gasteiger charge is 2.33. The SMILES string of the molecule is CC(C)(C(=O)Nc1ccncc1F)c1cccc(Cl)c1F. The highest BCUT2D eigenvalue weighted by Crippen LogP contribution is 2.30. The number of halogens is 3. The lowest BCUT2D eigenvalue weighted by Gasteiger charge is -2.25. The summed E-state index contributed by atoms with van der Waals surface area (Å²) in [5.41, 5.74) is -1.09. The molecule has 21 heavy (non-hydrogen) atoms. The van der Waals surface area contributed by atoms with Gasteiger partial charge in [0.15, 0.2) is 5.82 Å². The van der Waals surface area contributed by atoms with Crippen LogP contribution in [0.1, 0.15) is 19.4 Å². The molecule has 0 unspecified atom stereocenters. The van der Waals surface area contributed by atoms with Gasteiger partial charge in [0, 0.05) is 11.8 Å². The summed E-state index contributed by atoms with van der Waals surface area (Å²) in [6.07, 6.45) is 2.34. The van der Waals surface area contributed by atoms with Gasteiger partial charge in [-0.1, -0.05) is 23.7 Å². The van der Waals surface area contributed by atoms with Crippen LogP contribution >= 0.6 is 11.6 Å². The van der Waals surface area contributed by atoms with Gasteiger partial charge in [-0.15, -0.1) is 0 Å². The molecular weight excluding hydrogens is 298 g/mol. The third-order valence-electron chi connectivity index (χ3n) is 3.21. The highest BCUT2D eigenvalue weighted by molar-refractivity contribution is 6.30. The first-order valence-corrected chi connectivity index (χ1v) is 6.57. The van der Waals surface area contributed by atoms with Crippen molar-refractivity contribution in [2.45, 2.75) is 19.3 Å². The zero-order valence-corrected chi connectivity index (χ0v) is 12.2. The van der Waals surface area contributed by atoms with Gasteiger partial charge in [-0.25, -0.2) is 8.78 Å². The number of nitrogens with zero attached hydrogens (tertiary/aromatic N) is 1. The fourth-order valence-corrected chi connectivity index (χ4v) is 2.04. The highest BCUT2D eigenvalue weighted by atomic mass is 35.5. The van der Waals surface area contributed by atoms with E-state index in [2.05, 4.69) is 10.3 Å². The molecule has 0 spiro atoms. The maximum absolute atomic E-state index is 14.1. The lowest BCUT2D eigenvalue weighted by Crippen LogP contribution is -2.35. The molecular formula is C15H13ClF2N2O. The van der Waals surface area contributed by atoms with Gasteiger partial charge in [0.05, 0.1) is 22.3 Å². The lowest BCUT2D eigenvalue weighted by atomic mass is 9.83. The quantitative estimate of drug-likeness (QED) is 0.933. The van der Waals surface area contributed by atoms with E-state index < -0.39 is 23.0 Å². The minimum Gasteiger partial charge on any atom is -0.323 e. The molecule has 0 atom stereocenters. The molecule has 1 N–H and O–H groups in total. The van der Waals surface area contributed by atoms with Crippen molar-refractivity contribution in [3.63, 3.8) is 0 Å². The van der Waals surface area contributed by atoms with Crippen molar-refractivity contribution in [1.82, 2.24) is 4.98 Å². The maximum atomic E-state index is 14.1. The first-order chi connectivity index (χ1) is 9.84. The number of hydrogen-bond acceptors (Lipinski definition) is 2. The van der Waals surface area contributed by atoms with Crippen LogP contribution in [0.25, 0.3) is 0 Å². The Morgan fingerprint density at radius 2 is 2.00 bits per heavy atom. The van der Waals surface area contributed by atoms with E-state index in [1.54, 1.807) is 6.07 Å². The molecule has 6 heteroatoms. The largest absolute Gasteiger partial charge is 0.323 e. The monoisotopic (exact) mass is 310 g/mol. The number of pyridine rings is 1. The number of carbonyl (C=O) groups is 1. The van der Waals surface area contributed by atoms with E-state index in [1.807, 2.05) is 0 Å². The minimum absolute atomic E-state index is 0.00879. The third kappa shape index (κ3) is 3.03. The van der Waals surface area contributed by atoms with Crippen LogP contribution in [-0.4, -0.2) is 10.9 Å². The van der Waals surface area contributed by atoms with Crippen LogP contribution in [0, 0.1) is 11.6 Å². The van der Waals surface area contributed by atoms with Gasteiger partial charge >= 0.3 is 0 Å². The molecule has 0 fully saturated rings. The van der Waals surface area contributed by atoms with Crippen molar-refractivity contribution in [2.75, 3.05) is 5.32 Å². The van der Waals surface area contributed by atoms with Crippen LogP contribution in [-0.2, 0) is 10.2 Å². The van der Waals surface area contributed by atoms with Crippen LogP contribution in [0.15, 0.2) is 36.7 Å². The van der Waals surface area contributed by atoms with Gasteiger partial charge in [-0.3, -0.25) is 9.78 Å². The number of hydrogen-bond donors (Lipinski definition) is 1. The topological polar surface area (TPSA) is 42.0 Å². The summed E-state index contributed by atoms with van der Waals surface area (Å²) >= 11 is 5.74. The number of amides is 1. The molecule has 1 aromatic heterocycles. The van der Waals surface area contributed by atoms with E-state index in [0.717, 1.165) is 6.20 Å². The molecule has 110 valence electrons. The Hall–Kier alpha value is -2.01. The van der Waals surface area contributed by atoms with E-state index in [1.165, 1.54) is 38.2 Å². The summed E-state index contributed by atoms with van der Waals surface area (Å²) in [4.78, 5) is 15.9. The fraction of sp³-hybridized carbons (Fsp3) is 0.200. The van der Waals surface area contributed by atoms with Crippen LogP contribution in [0.4, 0.5) is 14.5 Å². The summed E-state index contributed by atoms with van der Waals surface area (Å²) < 4.78 is 27.6. The maximum Gasteiger partial charge on any atom is 0.234 e. The summed E-state index contributed by atoms with van der Waals surface area (Å²) in [5, 5.41) is 2.37. The molecule has 1 amide bonds. The Morgan fingerprint density at radius 1 is 1.29 bits per heavy atom. The molecule has 2 rings (SSSR count). The minimum atomic E-state index is -1.22. The van der Waals surface area contributed by atoms with Gasteiger partial charge in [-0.2, -0.15) is 0 Å². The second-order valence-electron chi connectivity index (χ2n) is 5.04. The van der Waals surface area contributed by atoms with Crippen LogP contribution < -0.4 is 5.32 Å². The average molecular weight is 311 g/mol.